The van der Waals surface area contributed by atoms with E-state index in [0.29, 0.717) is 64.8 Å². The summed E-state index contributed by atoms with van der Waals surface area (Å²) in [4.78, 5) is 21.4. The van der Waals surface area contributed by atoms with Crippen LogP contribution in [-0.4, -0.2) is 87.0 Å². The highest BCUT2D eigenvalue weighted by molar-refractivity contribution is 7.89. The fourth-order valence-corrected chi connectivity index (χ4v) is 5.45. The van der Waals surface area contributed by atoms with E-state index in [1.54, 1.807) is 24.3 Å². The lowest BCUT2D eigenvalue weighted by Crippen LogP contribution is -2.54. The molecule has 0 bridgehead atoms. The first-order chi connectivity index (χ1) is 16.3. The molecule has 1 unspecified atom stereocenters. The van der Waals surface area contributed by atoms with Crippen molar-refractivity contribution < 1.29 is 22.3 Å². The molecule has 0 saturated carbocycles. The van der Waals surface area contributed by atoms with Crippen LogP contribution in [0.1, 0.15) is 12.5 Å². The highest BCUT2D eigenvalue weighted by Crippen LogP contribution is 2.20. The largest absolute Gasteiger partial charge is 0.379 e. The molecule has 2 aliphatic rings. The molecule has 1 atom stereocenters. The van der Waals surface area contributed by atoms with E-state index in [1.165, 1.54) is 22.6 Å². The number of ether oxygens (including phenoxy) is 1. The van der Waals surface area contributed by atoms with Crippen LogP contribution in [0.4, 0.5) is 10.2 Å². The molecule has 1 amide bonds. The Bertz CT molecular complexity index is 1070. The summed E-state index contributed by atoms with van der Waals surface area (Å²) in [7, 11) is -3.57. The summed E-state index contributed by atoms with van der Waals surface area (Å²) in [5.41, 5.74) is 0.844. The minimum Gasteiger partial charge on any atom is -0.379 e. The predicted octanol–water partition coefficient (Wildman–Crippen LogP) is 1.07. The number of nitrogens with zero attached hydrogens (tertiary/aromatic N) is 4. The van der Waals surface area contributed by atoms with Gasteiger partial charge in [0.25, 0.3) is 0 Å². The molecule has 2 saturated heterocycles. The second-order valence-electron chi connectivity index (χ2n) is 8.41. The van der Waals surface area contributed by atoms with Crippen molar-refractivity contribution in [1.29, 1.82) is 0 Å². The standard InChI is InChI=1S/C23H30FN5O4S/c1-18(23(30)26-16-19-2-4-20(24)5-3-19)27-8-10-28(11-9-27)22-7-6-21(17-25-22)34(31,32)29-12-14-33-15-13-29/h2-7,17-18H,8-16H2,1H3,(H,26,30). The van der Waals surface area contributed by atoms with E-state index in [9.17, 15) is 17.6 Å². The molecule has 184 valence electrons. The molecular weight excluding hydrogens is 461 g/mol. The maximum atomic E-state index is 13.0. The zero-order valence-corrected chi connectivity index (χ0v) is 20.0. The van der Waals surface area contributed by atoms with E-state index in [4.69, 9.17) is 4.74 Å². The smallest absolute Gasteiger partial charge is 0.244 e. The number of piperazine rings is 1. The van der Waals surface area contributed by atoms with Crippen molar-refractivity contribution in [3.05, 3.63) is 54.0 Å². The summed E-state index contributed by atoms with van der Waals surface area (Å²) in [6, 6.07) is 9.11. The second kappa shape index (κ2) is 10.8. The van der Waals surface area contributed by atoms with Gasteiger partial charge in [0.05, 0.1) is 19.3 Å². The zero-order chi connectivity index (χ0) is 24.1. The molecule has 2 fully saturated rings. The summed E-state index contributed by atoms with van der Waals surface area (Å²) in [5, 5.41) is 2.91. The van der Waals surface area contributed by atoms with E-state index >= 15 is 0 Å². The van der Waals surface area contributed by atoms with Crippen LogP contribution >= 0.6 is 0 Å². The number of anilines is 1. The number of amides is 1. The van der Waals surface area contributed by atoms with Gasteiger partial charge >= 0.3 is 0 Å². The summed E-state index contributed by atoms with van der Waals surface area (Å²) in [6.45, 7) is 6.45. The number of carbonyl (C=O) groups is 1. The quantitative estimate of drug-likeness (QED) is 0.619. The highest BCUT2D eigenvalue weighted by Gasteiger charge is 2.28. The normalized spacial score (nSPS) is 19.1. The number of hydrogen-bond acceptors (Lipinski definition) is 7. The van der Waals surface area contributed by atoms with Crippen LogP contribution in [0.5, 0.6) is 0 Å². The van der Waals surface area contributed by atoms with Gasteiger partial charge in [-0.3, -0.25) is 9.69 Å². The van der Waals surface area contributed by atoms with E-state index in [0.717, 1.165) is 5.56 Å². The molecular formula is C23H30FN5O4S. The summed E-state index contributed by atoms with van der Waals surface area (Å²) in [6.07, 6.45) is 1.41. The van der Waals surface area contributed by atoms with Gasteiger partial charge in [0.2, 0.25) is 15.9 Å². The van der Waals surface area contributed by atoms with Crippen molar-refractivity contribution in [2.24, 2.45) is 0 Å². The highest BCUT2D eigenvalue weighted by atomic mass is 32.2. The Balaban J connectivity index is 1.28. The molecule has 0 aliphatic carbocycles. The van der Waals surface area contributed by atoms with E-state index in [-0.39, 0.29) is 22.7 Å². The molecule has 0 spiro atoms. The maximum absolute atomic E-state index is 13.0. The van der Waals surface area contributed by atoms with Gasteiger partial charge in [-0.15, -0.1) is 0 Å². The Labute approximate surface area is 199 Å². The predicted molar refractivity (Wildman–Crippen MR) is 125 cm³/mol. The molecule has 2 aromatic rings. The average molecular weight is 492 g/mol. The minimum absolute atomic E-state index is 0.0754. The average Bonchev–Trinajstić information content (AvgIpc) is 2.88. The number of halogens is 1. The Hall–Kier alpha value is -2.60. The van der Waals surface area contributed by atoms with Gasteiger partial charge in [0, 0.05) is 52.0 Å². The Morgan fingerprint density at radius 2 is 1.74 bits per heavy atom. The van der Waals surface area contributed by atoms with E-state index in [2.05, 4.69) is 20.1 Å². The number of aromatic nitrogens is 1. The molecule has 0 radical (unpaired) electrons. The lowest BCUT2D eigenvalue weighted by Gasteiger charge is -2.38. The van der Waals surface area contributed by atoms with Gasteiger partial charge in [0.15, 0.2) is 0 Å². The van der Waals surface area contributed by atoms with Crippen LogP contribution < -0.4 is 10.2 Å². The van der Waals surface area contributed by atoms with Crippen molar-refractivity contribution >= 4 is 21.7 Å². The van der Waals surface area contributed by atoms with Crippen LogP contribution in [-0.2, 0) is 26.1 Å². The van der Waals surface area contributed by atoms with E-state index < -0.39 is 10.0 Å². The lowest BCUT2D eigenvalue weighted by atomic mass is 10.2. The van der Waals surface area contributed by atoms with Crippen LogP contribution in [0, 0.1) is 5.82 Å². The lowest BCUT2D eigenvalue weighted by molar-refractivity contribution is -0.126. The number of carbonyl (C=O) groups excluding carboxylic acids is 1. The number of sulfonamides is 1. The SMILES string of the molecule is CC(C(=O)NCc1ccc(F)cc1)N1CCN(c2ccc(S(=O)(=O)N3CCOCC3)cn2)CC1. The fourth-order valence-electron chi connectivity index (χ4n) is 4.09. The first-order valence-corrected chi connectivity index (χ1v) is 12.8. The Kier molecular flexibility index (Phi) is 7.77. The first-order valence-electron chi connectivity index (χ1n) is 11.4. The van der Waals surface area contributed by atoms with Crippen molar-refractivity contribution in [1.82, 2.24) is 19.5 Å². The molecule has 4 rings (SSSR count). The fraction of sp³-hybridized carbons (Fsp3) is 0.478. The maximum Gasteiger partial charge on any atom is 0.244 e. The van der Waals surface area contributed by atoms with Gasteiger partial charge in [-0.25, -0.2) is 17.8 Å². The number of morpholine rings is 1. The molecule has 1 aromatic heterocycles. The van der Waals surface area contributed by atoms with Crippen molar-refractivity contribution in [2.75, 3.05) is 57.4 Å². The Morgan fingerprint density at radius 3 is 2.35 bits per heavy atom. The van der Waals surface area contributed by atoms with Crippen molar-refractivity contribution in [3.8, 4) is 0 Å². The van der Waals surface area contributed by atoms with Gasteiger partial charge in [-0.1, -0.05) is 12.1 Å². The van der Waals surface area contributed by atoms with Crippen molar-refractivity contribution in [2.45, 2.75) is 24.4 Å². The van der Waals surface area contributed by atoms with Gasteiger partial charge in [-0.05, 0) is 36.8 Å². The molecule has 3 heterocycles. The first kappa shape index (κ1) is 24.5. The third-order valence-corrected chi connectivity index (χ3v) is 8.16. The van der Waals surface area contributed by atoms with Gasteiger partial charge < -0.3 is 15.0 Å². The number of benzene rings is 1. The molecule has 1 aromatic carbocycles. The molecule has 1 N–H and O–H groups in total. The topological polar surface area (TPSA) is 95.1 Å². The number of rotatable bonds is 7. The number of nitrogens with one attached hydrogen (secondary N) is 1. The van der Waals surface area contributed by atoms with E-state index in [1.807, 2.05) is 6.92 Å². The van der Waals surface area contributed by atoms with Crippen LogP contribution in [0.15, 0.2) is 47.5 Å². The Morgan fingerprint density at radius 1 is 1.06 bits per heavy atom. The third kappa shape index (κ3) is 5.72. The number of hydrogen-bond donors (Lipinski definition) is 1. The summed E-state index contributed by atoms with van der Waals surface area (Å²) >= 11 is 0. The summed E-state index contributed by atoms with van der Waals surface area (Å²) < 4.78 is 45.2. The van der Waals surface area contributed by atoms with Crippen LogP contribution in [0.2, 0.25) is 0 Å². The summed E-state index contributed by atoms with van der Waals surface area (Å²) in [5.74, 6) is 0.340. The van der Waals surface area contributed by atoms with Crippen LogP contribution in [0.25, 0.3) is 0 Å². The zero-order valence-electron chi connectivity index (χ0n) is 19.2. The van der Waals surface area contributed by atoms with Gasteiger partial charge in [0.1, 0.15) is 16.5 Å². The number of pyridine rings is 1. The third-order valence-electron chi connectivity index (χ3n) is 6.27. The minimum atomic E-state index is -3.57. The molecule has 34 heavy (non-hydrogen) atoms. The molecule has 11 heteroatoms. The van der Waals surface area contributed by atoms with Crippen LogP contribution in [0.3, 0.4) is 0 Å². The second-order valence-corrected chi connectivity index (χ2v) is 10.3. The monoisotopic (exact) mass is 491 g/mol. The van der Waals surface area contributed by atoms with Crippen molar-refractivity contribution in [3.63, 3.8) is 0 Å². The molecule has 2 aliphatic heterocycles. The van der Waals surface area contributed by atoms with Gasteiger partial charge in [-0.2, -0.15) is 4.31 Å². The molecule has 9 nitrogen and oxygen atoms in total.